The zero-order valence-corrected chi connectivity index (χ0v) is 18.3. The monoisotopic (exact) mass is 401 g/mol. The molecule has 1 aromatic rings. The fourth-order valence-corrected chi connectivity index (χ4v) is 4.47. The molecule has 0 N–H and O–H groups in total. The zero-order valence-electron chi connectivity index (χ0n) is 18.3. The van der Waals surface area contributed by atoms with E-state index in [1.165, 1.54) is 6.42 Å². The lowest BCUT2D eigenvalue weighted by atomic mass is 9.94. The summed E-state index contributed by atoms with van der Waals surface area (Å²) in [6.45, 7) is 8.10. The summed E-state index contributed by atoms with van der Waals surface area (Å²) < 4.78 is 5.70. The molecular formula is C23H35N3O3. The van der Waals surface area contributed by atoms with E-state index in [4.69, 9.17) is 4.74 Å². The lowest BCUT2D eigenvalue weighted by molar-refractivity contribution is -0.132. The molecule has 3 rings (SSSR count). The van der Waals surface area contributed by atoms with Crippen LogP contribution in [-0.2, 0) is 9.53 Å². The Hall–Kier alpha value is -2.11. The van der Waals surface area contributed by atoms with Crippen LogP contribution in [0.1, 0.15) is 90.7 Å². The van der Waals surface area contributed by atoms with E-state index in [1.54, 1.807) is 11.8 Å². The maximum absolute atomic E-state index is 13.0. The number of anilines is 1. The van der Waals surface area contributed by atoms with E-state index in [9.17, 15) is 9.59 Å². The Morgan fingerprint density at radius 2 is 1.76 bits per heavy atom. The van der Waals surface area contributed by atoms with Crippen LogP contribution < -0.4 is 4.90 Å². The van der Waals surface area contributed by atoms with Crippen molar-refractivity contribution in [3.63, 3.8) is 0 Å². The van der Waals surface area contributed by atoms with Crippen LogP contribution in [0.15, 0.2) is 18.3 Å². The predicted octanol–water partition coefficient (Wildman–Crippen LogP) is 5.23. The van der Waals surface area contributed by atoms with Crippen LogP contribution in [0, 0.1) is 0 Å². The van der Waals surface area contributed by atoms with Gasteiger partial charge in [-0.2, -0.15) is 0 Å². The third-order valence-electron chi connectivity index (χ3n) is 5.84. The second kappa shape index (κ2) is 9.14. The van der Waals surface area contributed by atoms with Crippen LogP contribution in [0.3, 0.4) is 0 Å². The van der Waals surface area contributed by atoms with Crippen LogP contribution in [0.5, 0.6) is 0 Å². The number of rotatable bonds is 3. The highest BCUT2D eigenvalue weighted by Gasteiger charge is 2.32. The molecule has 0 unspecified atom stereocenters. The molecule has 1 aliphatic heterocycles. The Morgan fingerprint density at radius 1 is 1.07 bits per heavy atom. The first-order valence-corrected chi connectivity index (χ1v) is 11.0. The number of amides is 2. The molecule has 2 aliphatic rings. The van der Waals surface area contributed by atoms with Gasteiger partial charge in [0, 0.05) is 25.7 Å². The van der Waals surface area contributed by atoms with Crippen molar-refractivity contribution in [2.45, 2.75) is 96.7 Å². The molecule has 2 heterocycles. The maximum Gasteiger partial charge on any atom is 0.416 e. The van der Waals surface area contributed by atoms with Gasteiger partial charge in [-0.1, -0.05) is 25.3 Å². The molecule has 6 heteroatoms. The molecule has 29 heavy (non-hydrogen) atoms. The minimum Gasteiger partial charge on any atom is -0.443 e. The highest BCUT2D eigenvalue weighted by Crippen LogP contribution is 2.33. The highest BCUT2D eigenvalue weighted by atomic mass is 16.6. The van der Waals surface area contributed by atoms with Crippen molar-refractivity contribution in [3.8, 4) is 0 Å². The van der Waals surface area contributed by atoms with Crippen LogP contribution in [0.25, 0.3) is 0 Å². The van der Waals surface area contributed by atoms with Crippen LogP contribution >= 0.6 is 0 Å². The molecule has 1 aromatic heterocycles. The molecule has 2 amide bonds. The number of hydrogen-bond acceptors (Lipinski definition) is 4. The van der Waals surface area contributed by atoms with Gasteiger partial charge in [-0.25, -0.2) is 9.78 Å². The number of carbonyl (C=O) groups excluding carboxylic acids is 2. The first-order valence-electron chi connectivity index (χ1n) is 11.0. The van der Waals surface area contributed by atoms with E-state index in [0.717, 1.165) is 57.1 Å². The fraction of sp³-hybridized carbons (Fsp3) is 0.696. The van der Waals surface area contributed by atoms with Crippen molar-refractivity contribution < 1.29 is 14.3 Å². The zero-order chi connectivity index (χ0) is 21.0. The van der Waals surface area contributed by atoms with Gasteiger partial charge in [0.25, 0.3) is 0 Å². The van der Waals surface area contributed by atoms with Crippen LogP contribution in [-0.4, -0.2) is 40.1 Å². The number of piperidine rings is 1. The van der Waals surface area contributed by atoms with Crippen molar-refractivity contribution in [1.29, 1.82) is 0 Å². The van der Waals surface area contributed by atoms with Crippen molar-refractivity contribution in [3.05, 3.63) is 23.9 Å². The molecule has 0 spiro atoms. The Balaban J connectivity index is 1.84. The lowest BCUT2D eigenvalue weighted by Crippen LogP contribution is -2.45. The third kappa shape index (κ3) is 5.49. The topological polar surface area (TPSA) is 62.7 Å². The smallest absolute Gasteiger partial charge is 0.416 e. The number of ether oxygens (including phenoxy) is 1. The minimum absolute atomic E-state index is 0.0763. The number of carbonyl (C=O) groups is 2. The first-order chi connectivity index (χ1) is 13.8. The van der Waals surface area contributed by atoms with Gasteiger partial charge in [0.15, 0.2) is 0 Å². The summed E-state index contributed by atoms with van der Waals surface area (Å²) in [5.74, 6) is 0.747. The molecule has 1 atom stereocenters. The molecule has 2 fully saturated rings. The molecule has 1 saturated carbocycles. The minimum atomic E-state index is -0.548. The number of nitrogens with zero attached hydrogens (tertiary/aromatic N) is 3. The number of pyridine rings is 1. The second-order valence-electron chi connectivity index (χ2n) is 9.32. The molecule has 1 aliphatic carbocycles. The van der Waals surface area contributed by atoms with Crippen LogP contribution in [0.2, 0.25) is 0 Å². The Labute approximate surface area is 174 Å². The van der Waals surface area contributed by atoms with Crippen molar-refractivity contribution >= 4 is 17.8 Å². The molecule has 6 nitrogen and oxygen atoms in total. The van der Waals surface area contributed by atoms with E-state index >= 15 is 0 Å². The van der Waals surface area contributed by atoms with E-state index in [1.807, 2.05) is 44.0 Å². The fourth-order valence-electron chi connectivity index (χ4n) is 4.47. The van der Waals surface area contributed by atoms with Crippen molar-refractivity contribution in [2.75, 3.05) is 11.4 Å². The summed E-state index contributed by atoms with van der Waals surface area (Å²) in [6.07, 6.45) is 10.0. The summed E-state index contributed by atoms with van der Waals surface area (Å²) in [6, 6.07) is 4.14. The molecule has 0 radical (unpaired) electrons. The Bertz CT molecular complexity index is 705. The Kier molecular flexibility index (Phi) is 6.81. The van der Waals surface area contributed by atoms with Gasteiger partial charge < -0.3 is 9.64 Å². The average molecular weight is 402 g/mol. The van der Waals surface area contributed by atoms with Gasteiger partial charge in [-0.15, -0.1) is 0 Å². The molecular weight excluding hydrogens is 366 g/mol. The summed E-state index contributed by atoms with van der Waals surface area (Å²) in [5.41, 5.74) is 0.491. The molecule has 0 bridgehead atoms. The van der Waals surface area contributed by atoms with Crippen molar-refractivity contribution in [2.24, 2.45) is 0 Å². The van der Waals surface area contributed by atoms with E-state index in [-0.39, 0.29) is 24.1 Å². The quantitative estimate of drug-likeness (QED) is 0.696. The van der Waals surface area contributed by atoms with E-state index < -0.39 is 5.60 Å². The highest BCUT2D eigenvalue weighted by molar-refractivity contribution is 5.87. The van der Waals surface area contributed by atoms with Gasteiger partial charge in [-0.05, 0) is 64.5 Å². The van der Waals surface area contributed by atoms with Gasteiger partial charge in [0.05, 0.1) is 6.04 Å². The van der Waals surface area contributed by atoms with Gasteiger partial charge in [0.2, 0.25) is 5.91 Å². The number of likely N-dealkylation sites (tertiary alicyclic amines) is 1. The summed E-state index contributed by atoms with van der Waals surface area (Å²) in [7, 11) is 0. The van der Waals surface area contributed by atoms with Gasteiger partial charge in [-0.3, -0.25) is 9.69 Å². The maximum atomic E-state index is 13.0. The summed E-state index contributed by atoms with van der Waals surface area (Å²) >= 11 is 0. The summed E-state index contributed by atoms with van der Waals surface area (Å²) in [4.78, 5) is 33.4. The second-order valence-corrected chi connectivity index (χ2v) is 9.32. The average Bonchev–Trinajstić information content (AvgIpc) is 2.68. The first kappa shape index (κ1) is 21.6. The normalized spacial score (nSPS) is 21.0. The molecule has 0 aromatic carbocycles. The standard InChI is InChI=1S/C23H35N3O3/c1-17(27)25-15-9-8-12-20(25)18-13-14-21(24-16-18)26(19-10-6-5-7-11-19)22(28)29-23(2,3)4/h13-14,16,19-20H,5-12,15H2,1-4H3/t20-/m1/s1. The lowest BCUT2D eigenvalue weighted by Gasteiger charge is -2.36. The predicted molar refractivity (Wildman–Crippen MR) is 114 cm³/mol. The third-order valence-corrected chi connectivity index (χ3v) is 5.84. The number of aromatic nitrogens is 1. The largest absolute Gasteiger partial charge is 0.443 e. The Morgan fingerprint density at radius 3 is 2.34 bits per heavy atom. The SMILES string of the molecule is CC(=O)N1CCCC[C@@H]1c1ccc(N(C(=O)OC(C)(C)C)C2CCCCC2)nc1. The van der Waals surface area contributed by atoms with E-state index in [0.29, 0.717) is 5.82 Å². The molecule has 160 valence electrons. The van der Waals surface area contributed by atoms with Gasteiger partial charge in [0.1, 0.15) is 11.4 Å². The van der Waals surface area contributed by atoms with Gasteiger partial charge >= 0.3 is 6.09 Å². The summed E-state index contributed by atoms with van der Waals surface area (Å²) in [5, 5.41) is 0. The van der Waals surface area contributed by atoms with Crippen molar-refractivity contribution in [1.82, 2.24) is 9.88 Å². The number of hydrogen-bond donors (Lipinski definition) is 0. The van der Waals surface area contributed by atoms with E-state index in [2.05, 4.69) is 4.98 Å². The van der Waals surface area contributed by atoms with Crippen LogP contribution in [0.4, 0.5) is 10.6 Å². The molecule has 1 saturated heterocycles.